The molecule has 13 heavy (non-hydrogen) atoms. The average Bonchev–Trinajstić information content (AvgIpc) is 1.81. The lowest BCUT2D eigenvalue weighted by Crippen LogP contribution is -2.27. The monoisotopic (exact) mass is 235 g/mol. The van der Waals surface area contributed by atoms with Crippen molar-refractivity contribution in [1.29, 1.82) is 0 Å². The fraction of sp³-hybridized carbons (Fsp3) is 1.00. The van der Waals surface area contributed by atoms with E-state index in [1.807, 2.05) is 6.92 Å². The Labute approximate surface area is 85.6 Å². The lowest BCUT2D eigenvalue weighted by molar-refractivity contribution is -0.0328. The van der Waals surface area contributed by atoms with Crippen LogP contribution >= 0.6 is 23.4 Å². The summed E-state index contributed by atoms with van der Waals surface area (Å²) in [5.41, 5.74) is -4.12. The molecule has 1 atom stereocenters. The third-order valence-corrected chi connectivity index (χ3v) is 2.15. The van der Waals surface area contributed by atoms with Crippen LogP contribution in [0, 0.1) is 0 Å². The van der Waals surface area contributed by atoms with E-state index in [2.05, 4.69) is 0 Å². The van der Waals surface area contributed by atoms with E-state index in [4.69, 9.17) is 11.6 Å². The highest BCUT2D eigenvalue weighted by Gasteiger charge is 2.27. The van der Waals surface area contributed by atoms with Crippen molar-refractivity contribution in [3.8, 4) is 0 Å². The van der Waals surface area contributed by atoms with E-state index in [-0.39, 0.29) is 22.9 Å². The van der Waals surface area contributed by atoms with Gasteiger partial charge in [0, 0.05) is 24.2 Å². The van der Waals surface area contributed by atoms with Gasteiger partial charge in [-0.2, -0.15) is 13.2 Å². The van der Waals surface area contributed by atoms with E-state index in [1.54, 1.807) is 11.9 Å². The largest absolute Gasteiger partial charge is 0.441 e. The van der Waals surface area contributed by atoms with Crippen LogP contribution in [0.25, 0.3) is 0 Å². The fourth-order valence-electron chi connectivity index (χ4n) is 0.838. The average molecular weight is 236 g/mol. The molecule has 0 aromatic heterocycles. The summed E-state index contributed by atoms with van der Waals surface area (Å²) in [7, 11) is 1.76. The minimum Gasteiger partial charge on any atom is -0.304 e. The number of hydrogen-bond donors (Lipinski definition) is 0. The van der Waals surface area contributed by atoms with Gasteiger partial charge in [-0.05, 0) is 25.7 Å². The summed E-state index contributed by atoms with van der Waals surface area (Å²) in [4.78, 5) is 1.79. The fourth-order valence-corrected chi connectivity index (χ4v) is 1.71. The Morgan fingerprint density at radius 2 is 2.00 bits per heavy atom. The van der Waals surface area contributed by atoms with Crippen molar-refractivity contribution >= 4 is 23.4 Å². The molecular weight excluding hydrogens is 223 g/mol. The van der Waals surface area contributed by atoms with Gasteiger partial charge in [-0.25, -0.2) is 0 Å². The van der Waals surface area contributed by atoms with Gasteiger partial charge >= 0.3 is 5.51 Å². The molecule has 0 fully saturated rings. The van der Waals surface area contributed by atoms with Crippen LogP contribution in [0.4, 0.5) is 13.2 Å². The number of alkyl halides is 4. The molecule has 6 heteroatoms. The van der Waals surface area contributed by atoms with Crippen molar-refractivity contribution in [2.24, 2.45) is 0 Å². The summed E-state index contributed by atoms with van der Waals surface area (Å²) in [6, 6.07) is 0. The van der Waals surface area contributed by atoms with Crippen molar-refractivity contribution < 1.29 is 13.2 Å². The summed E-state index contributed by atoms with van der Waals surface area (Å²) >= 11 is 5.68. The van der Waals surface area contributed by atoms with Crippen molar-refractivity contribution in [2.75, 3.05) is 25.9 Å². The molecule has 80 valence electrons. The molecule has 0 N–H and O–H groups in total. The molecule has 0 aliphatic carbocycles. The van der Waals surface area contributed by atoms with Crippen LogP contribution in [0.2, 0.25) is 0 Å². The van der Waals surface area contributed by atoms with E-state index in [1.165, 1.54) is 0 Å². The molecule has 0 spiro atoms. The van der Waals surface area contributed by atoms with Gasteiger partial charge in [0.15, 0.2) is 0 Å². The molecule has 0 aromatic carbocycles. The van der Waals surface area contributed by atoms with E-state index < -0.39 is 5.51 Å². The molecule has 0 saturated heterocycles. The molecule has 0 aliphatic rings. The summed E-state index contributed by atoms with van der Waals surface area (Å²) in [6.07, 6.45) is 0. The Kier molecular flexibility index (Phi) is 6.16. The maximum absolute atomic E-state index is 11.7. The Bertz CT molecular complexity index is 140. The predicted octanol–water partition coefficient (Wildman–Crippen LogP) is 2.80. The first-order valence-corrected chi connectivity index (χ1v) is 5.27. The van der Waals surface area contributed by atoms with E-state index in [0.29, 0.717) is 13.1 Å². The molecule has 0 saturated carbocycles. The summed E-state index contributed by atoms with van der Waals surface area (Å²) < 4.78 is 35.1. The van der Waals surface area contributed by atoms with Crippen LogP contribution < -0.4 is 0 Å². The maximum atomic E-state index is 11.7. The van der Waals surface area contributed by atoms with Crippen molar-refractivity contribution in [3.63, 3.8) is 0 Å². The number of hydrogen-bond acceptors (Lipinski definition) is 2. The van der Waals surface area contributed by atoms with Crippen LogP contribution in [0.15, 0.2) is 0 Å². The molecule has 0 aliphatic heterocycles. The molecule has 0 amide bonds. The van der Waals surface area contributed by atoms with Crippen molar-refractivity contribution in [2.45, 2.75) is 17.8 Å². The number of nitrogens with zero attached hydrogens (tertiary/aromatic N) is 1. The van der Waals surface area contributed by atoms with Crippen LogP contribution in [0.5, 0.6) is 0 Å². The first kappa shape index (κ1) is 13.4. The third kappa shape index (κ3) is 10.3. The van der Waals surface area contributed by atoms with Gasteiger partial charge in [-0.15, -0.1) is 11.6 Å². The SMILES string of the molecule is CC(Cl)CN(C)CCSC(F)(F)F. The maximum Gasteiger partial charge on any atom is 0.441 e. The molecule has 1 nitrogen and oxygen atoms in total. The van der Waals surface area contributed by atoms with Gasteiger partial charge in [0.25, 0.3) is 0 Å². The summed E-state index contributed by atoms with van der Waals surface area (Å²) in [6.45, 7) is 2.83. The van der Waals surface area contributed by atoms with Gasteiger partial charge in [-0.1, -0.05) is 0 Å². The zero-order valence-corrected chi connectivity index (χ0v) is 9.14. The Morgan fingerprint density at radius 1 is 1.46 bits per heavy atom. The summed E-state index contributed by atoms with van der Waals surface area (Å²) in [5.74, 6) is 0.0591. The highest BCUT2D eigenvalue weighted by atomic mass is 35.5. The van der Waals surface area contributed by atoms with E-state index in [0.717, 1.165) is 0 Å². The minimum absolute atomic E-state index is 0.00423. The highest BCUT2D eigenvalue weighted by Crippen LogP contribution is 2.29. The molecular formula is C7H13ClF3NS. The first-order valence-electron chi connectivity index (χ1n) is 3.84. The number of thioether (sulfide) groups is 1. The first-order chi connectivity index (χ1) is 5.81. The molecule has 0 bridgehead atoms. The normalized spacial score (nSPS) is 15.0. The second-order valence-electron chi connectivity index (χ2n) is 2.84. The van der Waals surface area contributed by atoms with Gasteiger partial charge in [0.05, 0.1) is 0 Å². The molecule has 1 unspecified atom stereocenters. The lowest BCUT2D eigenvalue weighted by Gasteiger charge is -2.17. The van der Waals surface area contributed by atoms with Gasteiger partial charge in [-0.3, -0.25) is 0 Å². The second-order valence-corrected chi connectivity index (χ2v) is 4.74. The van der Waals surface area contributed by atoms with Crippen molar-refractivity contribution in [1.82, 2.24) is 4.90 Å². The topological polar surface area (TPSA) is 3.24 Å². The highest BCUT2D eigenvalue weighted by molar-refractivity contribution is 8.00. The van der Waals surface area contributed by atoms with Gasteiger partial charge < -0.3 is 4.90 Å². The number of rotatable bonds is 5. The third-order valence-electron chi connectivity index (χ3n) is 1.30. The van der Waals surface area contributed by atoms with Crippen molar-refractivity contribution in [3.05, 3.63) is 0 Å². The second kappa shape index (κ2) is 5.98. The Hall–Kier alpha value is 0.390. The zero-order chi connectivity index (χ0) is 10.5. The lowest BCUT2D eigenvalue weighted by atomic mass is 10.4. The summed E-state index contributed by atoms with van der Waals surface area (Å²) in [5, 5.41) is -0.0270. The standard InChI is InChI=1S/C7H13ClF3NS/c1-6(8)5-12(2)3-4-13-7(9,10)11/h6H,3-5H2,1-2H3. The van der Waals surface area contributed by atoms with Crippen LogP contribution in [-0.2, 0) is 0 Å². The molecule has 0 radical (unpaired) electrons. The van der Waals surface area contributed by atoms with Crippen LogP contribution in [0.3, 0.4) is 0 Å². The Balaban J connectivity index is 3.42. The van der Waals surface area contributed by atoms with Gasteiger partial charge in [0.2, 0.25) is 0 Å². The van der Waals surface area contributed by atoms with E-state index in [9.17, 15) is 13.2 Å². The quantitative estimate of drug-likeness (QED) is 0.675. The van der Waals surface area contributed by atoms with Crippen LogP contribution in [-0.4, -0.2) is 41.7 Å². The number of halogens is 4. The molecule has 0 heterocycles. The van der Waals surface area contributed by atoms with Crippen LogP contribution in [0.1, 0.15) is 6.92 Å². The molecule has 0 rings (SSSR count). The Morgan fingerprint density at radius 3 is 2.38 bits per heavy atom. The zero-order valence-electron chi connectivity index (χ0n) is 7.57. The van der Waals surface area contributed by atoms with E-state index >= 15 is 0 Å². The smallest absolute Gasteiger partial charge is 0.304 e. The van der Waals surface area contributed by atoms with Gasteiger partial charge in [0.1, 0.15) is 0 Å². The predicted molar refractivity (Wildman–Crippen MR) is 51.3 cm³/mol. The minimum atomic E-state index is -4.12. The molecule has 0 aromatic rings.